The molecular weight excluding hydrogens is 222 g/mol. The molecule has 0 saturated carbocycles. The van der Waals surface area contributed by atoms with Crippen molar-refractivity contribution in [3.8, 4) is 11.5 Å². The third kappa shape index (κ3) is 3.37. The van der Waals surface area contributed by atoms with E-state index in [1.807, 2.05) is 13.0 Å². The van der Waals surface area contributed by atoms with Crippen LogP contribution in [0.5, 0.6) is 11.5 Å². The van der Waals surface area contributed by atoms with Crippen molar-refractivity contribution in [1.82, 2.24) is 5.43 Å². The van der Waals surface area contributed by atoms with Crippen LogP contribution in [0.25, 0.3) is 0 Å². The second-order valence-electron chi connectivity index (χ2n) is 3.30. The van der Waals surface area contributed by atoms with E-state index in [0.717, 1.165) is 11.1 Å². The van der Waals surface area contributed by atoms with Gasteiger partial charge in [0.1, 0.15) is 0 Å². The SMILES string of the molecule is COc1cc(C)c(C=NNC(N)=O)cc1OC. The molecule has 0 aliphatic rings. The second kappa shape index (κ2) is 5.74. The Morgan fingerprint density at radius 3 is 2.47 bits per heavy atom. The highest BCUT2D eigenvalue weighted by Gasteiger charge is 2.06. The number of hydrazone groups is 1. The normalized spacial score (nSPS) is 10.3. The number of rotatable bonds is 4. The van der Waals surface area contributed by atoms with Gasteiger partial charge in [-0.15, -0.1) is 0 Å². The number of amides is 2. The fraction of sp³-hybridized carbons (Fsp3) is 0.273. The van der Waals surface area contributed by atoms with Crippen molar-refractivity contribution in [3.05, 3.63) is 23.3 Å². The van der Waals surface area contributed by atoms with E-state index in [9.17, 15) is 4.79 Å². The lowest BCUT2D eigenvalue weighted by Crippen LogP contribution is -2.24. The smallest absolute Gasteiger partial charge is 0.332 e. The third-order valence-corrected chi connectivity index (χ3v) is 2.15. The average molecular weight is 237 g/mol. The zero-order valence-electron chi connectivity index (χ0n) is 9.98. The van der Waals surface area contributed by atoms with Crippen LogP contribution in [0.15, 0.2) is 17.2 Å². The minimum absolute atomic E-state index is 0.596. The first kappa shape index (κ1) is 12.8. The first-order valence-corrected chi connectivity index (χ1v) is 4.89. The Bertz CT molecular complexity index is 444. The summed E-state index contributed by atoms with van der Waals surface area (Å²) in [5.74, 6) is 1.24. The third-order valence-electron chi connectivity index (χ3n) is 2.15. The van der Waals surface area contributed by atoms with E-state index in [0.29, 0.717) is 11.5 Å². The summed E-state index contributed by atoms with van der Waals surface area (Å²) in [7, 11) is 3.12. The molecule has 0 aliphatic carbocycles. The summed E-state index contributed by atoms with van der Waals surface area (Å²) in [6, 6.07) is 2.88. The summed E-state index contributed by atoms with van der Waals surface area (Å²) >= 11 is 0. The quantitative estimate of drug-likeness (QED) is 0.605. The first-order chi connectivity index (χ1) is 8.08. The van der Waals surface area contributed by atoms with Gasteiger partial charge in [0.2, 0.25) is 0 Å². The molecule has 0 bridgehead atoms. The van der Waals surface area contributed by atoms with E-state index < -0.39 is 6.03 Å². The van der Waals surface area contributed by atoms with Gasteiger partial charge in [-0.05, 0) is 24.6 Å². The predicted molar refractivity (Wildman–Crippen MR) is 64.6 cm³/mol. The van der Waals surface area contributed by atoms with E-state index in [4.69, 9.17) is 15.2 Å². The minimum atomic E-state index is -0.709. The van der Waals surface area contributed by atoms with E-state index in [-0.39, 0.29) is 0 Å². The molecule has 1 rings (SSSR count). The van der Waals surface area contributed by atoms with Crippen molar-refractivity contribution in [3.63, 3.8) is 0 Å². The van der Waals surface area contributed by atoms with Gasteiger partial charge in [-0.3, -0.25) is 0 Å². The number of methoxy groups -OCH3 is 2. The standard InChI is InChI=1S/C11H15N3O3/c1-7-4-9(16-2)10(17-3)5-8(7)6-13-14-11(12)15/h4-6H,1-3H3,(H3,12,14,15). The zero-order valence-corrected chi connectivity index (χ0v) is 9.98. The van der Waals surface area contributed by atoms with E-state index in [2.05, 4.69) is 10.5 Å². The Balaban J connectivity index is 3.00. The molecule has 0 spiro atoms. The molecule has 0 saturated heterocycles. The molecule has 0 unspecified atom stereocenters. The Labute approximate surface area is 99.4 Å². The highest BCUT2D eigenvalue weighted by atomic mass is 16.5. The second-order valence-corrected chi connectivity index (χ2v) is 3.30. The monoisotopic (exact) mass is 237 g/mol. The number of nitrogens with one attached hydrogen (secondary N) is 1. The zero-order chi connectivity index (χ0) is 12.8. The summed E-state index contributed by atoms with van der Waals surface area (Å²) < 4.78 is 10.3. The van der Waals surface area contributed by atoms with Gasteiger partial charge in [0.15, 0.2) is 11.5 Å². The van der Waals surface area contributed by atoms with Crippen molar-refractivity contribution in [2.75, 3.05) is 14.2 Å². The van der Waals surface area contributed by atoms with Crippen LogP contribution in [-0.2, 0) is 0 Å². The molecule has 0 heterocycles. The highest BCUT2D eigenvalue weighted by molar-refractivity contribution is 5.84. The van der Waals surface area contributed by atoms with Crippen molar-refractivity contribution >= 4 is 12.2 Å². The average Bonchev–Trinajstić information content (AvgIpc) is 2.30. The Kier molecular flexibility index (Phi) is 4.33. The summed E-state index contributed by atoms with van der Waals surface area (Å²) in [6.45, 7) is 1.90. The molecule has 17 heavy (non-hydrogen) atoms. The first-order valence-electron chi connectivity index (χ1n) is 4.89. The van der Waals surface area contributed by atoms with Gasteiger partial charge in [0.25, 0.3) is 0 Å². The molecule has 0 aliphatic heterocycles. The number of urea groups is 1. The van der Waals surface area contributed by atoms with Crippen LogP contribution < -0.4 is 20.6 Å². The summed E-state index contributed by atoms with van der Waals surface area (Å²) in [5.41, 5.74) is 8.76. The van der Waals surface area contributed by atoms with Crippen LogP contribution in [0.3, 0.4) is 0 Å². The highest BCUT2D eigenvalue weighted by Crippen LogP contribution is 2.29. The molecule has 92 valence electrons. The molecule has 0 fully saturated rings. The number of benzene rings is 1. The summed E-state index contributed by atoms with van der Waals surface area (Å²) in [4.78, 5) is 10.5. The minimum Gasteiger partial charge on any atom is -0.493 e. The van der Waals surface area contributed by atoms with E-state index in [1.54, 1.807) is 20.3 Å². The number of hydrogen-bond donors (Lipinski definition) is 2. The lowest BCUT2D eigenvalue weighted by molar-refractivity contribution is 0.249. The number of carbonyl (C=O) groups excluding carboxylic acids is 1. The number of nitrogens with two attached hydrogens (primary N) is 1. The van der Waals surface area contributed by atoms with Gasteiger partial charge >= 0.3 is 6.03 Å². The molecule has 0 atom stereocenters. The van der Waals surface area contributed by atoms with Crippen LogP contribution in [0, 0.1) is 6.92 Å². The number of hydrogen-bond acceptors (Lipinski definition) is 4. The van der Waals surface area contributed by atoms with Crippen LogP contribution >= 0.6 is 0 Å². The van der Waals surface area contributed by atoms with Crippen LogP contribution in [0.4, 0.5) is 4.79 Å². The van der Waals surface area contributed by atoms with Crippen LogP contribution in [0.2, 0.25) is 0 Å². The van der Waals surface area contributed by atoms with Crippen molar-refractivity contribution in [1.29, 1.82) is 0 Å². The maximum absolute atomic E-state index is 10.5. The molecule has 6 heteroatoms. The van der Waals surface area contributed by atoms with Gasteiger partial charge in [0, 0.05) is 5.56 Å². The molecule has 0 radical (unpaired) electrons. The lowest BCUT2D eigenvalue weighted by Gasteiger charge is -2.10. The Morgan fingerprint density at radius 2 is 1.94 bits per heavy atom. The van der Waals surface area contributed by atoms with E-state index >= 15 is 0 Å². The fourth-order valence-corrected chi connectivity index (χ4v) is 1.30. The molecule has 0 aromatic heterocycles. The number of carbonyl (C=O) groups is 1. The number of primary amides is 1. The number of ether oxygens (including phenoxy) is 2. The Morgan fingerprint density at radius 1 is 1.35 bits per heavy atom. The van der Waals surface area contributed by atoms with Crippen LogP contribution in [-0.4, -0.2) is 26.5 Å². The molecule has 1 aromatic carbocycles. The summed E-state index contributed by atoms with van der Waals surface area (Å²) in [6.07, 6.45) is 1.49. The summed E-state index contributed by atoms with van der Waals surface area (Å²) in [5, 5.41) is 3.69. The number of aryl methyl sites for hydroxylation is 1. The topological polar surface area (TPSA) is 85.9 Å². The largest absolute Gasteiger partial charge is 0.493 e. The predicted octanol–water partition coefficient (Wildman–Crippen LogP) is 1.01. The molecule has 2 amide bonds. The molecule has 6 nitrogen and oxygen atoms in total. The van der Waals surface area contributed by atoms with Crippen molar-refractivity contribution in [2.45, 2.75) is 6.92 Å². The molecular formula is C11H15N3O3. The van der Waals surface area contributed by atoms with Gasteiger partial charge in [-0.2, -0.15) is 5.10 Å². The Hall–Kier alpha value is -2.24. The van der Waals surface area contributed by atoms with Crippen LogP contribution in [0.1, 0.15) is 11.1 Å². The molecule has 1 aromatic rings. The maximum atomic E-state index is 10.5. The molecule has 3 N–H and O–H groups in total. The fourth-order valence-electron chi connectivity index (χ4n) is 1.30. The maximum Gasteiger partial charge on any atom is 0.332 e. The number of nitrogens with zero attached hydrogens (tertiary/aromatic N) is 1. The van der Waals surface area contributed by atoms with Gasteiger partial charge < -0.3 is 15.2 Å². The van der Waals surface area contributed by atoms with Gasteiger partial charge in [0.05, 0.1) is 20.4 Å². The van der Waals surface area contributed by atoms with E-state index in [1.165, 1.54) is 6.21 Å². The van der Waals surface area contributed by atoms with Gasteiger partial charge in [-0.1, -0.05) is 0 Å². The van der Waals surface area contributed by atoms with Gasteiger partial charge in [-0.25, -0.2) is 10.2 Å². The lowest BCUT2D eigenvalue weighted by atomic mass is 10.1. The van der Waals surface area contributed by atoms with Crippen molar-refractivity contribution in [2.24, 2.45) is 10.8 Å². The van der Waals surface area contributed by atoms with Crippen molar-refractivity contribution < 1.29 is 14.3 Å².